The Kier molecular flexibility index (Phi) is 7.25. The molecular formula is C13H17ClF2N2O2. The average molecular weight is 307 g/mol. The standard InChI is InChI=1S/C13H17ClF2N2O2/c14-10-4-5-11(20-13(15)16)9(7-10)8-18-6-2-1-3-12(17)19/h4-5,7,13,18H,1-3,6,8H2,(H2,17,19). The molecule has 0 unspecified atom stereocenters. The lowest BCUT2D eigenvalue weighted by Crippen LogP contribution is -2.17. The van der Waals surface area contributed by atoms with E-state index in [1.807, 2.05) is 0 Å². The molecule has 1 aromatic carbocycles. The number of hydrogen-bond acceptors (Lipinski definition) is 3. The fourth-order valence-electron chi connectivity index (χ4n) is 1.67. The topological polar surface area (TPSA) is 64.4 Å². The van der Waals surface area contributed by atoms with E-state index in [2.05, 4.69) is 10.1 Å². The Bertz CT molecular complexity index is 444. The van der Waals surface area contributed by atoms with Crippen LogP contribution in [-0.4, -0.2) is 19.1 Å². The third-order valence-electron chi connectivity index (χ3n) is 2.58. The summed E-state index contributed by atoms with van der Waals surface area (Å²) in [5.41, 5.74) is 5.58. The zero-order valence-electron chi connectivity index (χ0n) is 10.9. The molecule has 1 amide bonds. The molecule has 3 N–H and O–H groups in total. The van der Waals surface area contributed by atoms with Gasteiger partial charge in [0.25, 0.3) is 0 Å². The number of halogens is 3. The molecule has 0 aliphatic rings. The molecule has 0 heterocycles. The normalized spacial score (nSPS) is 10.8. The van der Waals surface area contributed by atoms with Gasteiger partial charge in [0.2, 0.25) is 5.91 Å². The predicted molar refractivity (Wildman–Crippen MR) is 72.8 cm³/mol. The van der Waals surface area contributed by atoms with Crippen molar-refractivity contribution in [1.82, 2.24) is 5.32 Å². The second kappa shape index (κ2) is 8.71. The highest BCUT2D eigenvalue weighted by atomic mass is 35.5. The smallest absolute Gasteiger partial charge is 0.387 e. The number of primary amides is 1. The van der Waals surface area contributed by atoms with Gasteiger partial charge in [-0.1, -0.05) is 11.6 Å². The number of carbonyl (C=O) groups excluding carboxylic acids is 1. The highest BCUT2D eigenvalue weighted by Crippen LogP contribution is 2.24. The first-order valence-electron chi connectivity index (χ1n) is 6.21. The van der Waals surface area contributed by atoms with E-state index in [1.165, 1.54) is 12.1 Å². The zero-order chi connectivity index (χ0) is 15.0. The summed E-state index contributed by atoms with van der Waals surface area (Å²) in [6.45, 7) is -1.86. The summed E-state index contributed by atoms with van der Waals surface area (Å²) in [5, 5.41) is 3.54. The molecule has 20 heavy (non-hydrogen) atoms. The first-order chi connectivity index (χ1) is 9.49. The molecule has 0 aliphatic heterocycles. The Morgan fingerprint density at radius 3 is 2.80 bits per heavy atom. The van der Waals surface area contributed by atoms with Crippen LogP contribution in [0.1, 0.15) is 24.8 Å². The number of rotatable bonds is 9. The first-order valence-corrected chi connectivity index (χ1v) is 6.59. The van der Waals surface area contributed by atoms with Crippen molar-refractivity contribution < 1.29 is 18.3 Å². The Labute approximate surface area is 121 Å². The van der Waals surface area contributed by atoms with Crippen molar-refractivity contribution in [2.75, 3.05) is 6.54 Å². The summed E-state index contributed by atoms with van der Waals surface area (Å²) in [4.78, 5) is 10.5. The maximum Gasteiger partial charge on any atom is 0.387 e. The number of carbonyl (C=O) groups is 1. The second-order valence-corrected chi connectivity index (χ2v) is 4.67. The molecule has 112 valence electrons. The van der Waals surface area contributed by atoms with Gasteiger partial charge >= 0.3 is 6.61 Å². The molecule has 0 fully saturated rings. The van der Waals surface area contributed by atoms with E-state index in [0.29, 0.717) is 36.5 Å². The Morgan fingerprint density at radius 2 is 2.15 bits per heavy atom. The summed E-state index contributed by atoms with van der Waals surface area (Å²) in [5.74, 6) is -0.221. The molecule has 0 spiro atoms. The fourth-order valence-corrected chi connectivity index (χ4v) is 1.86. The van der Waals surface area contributed by atoms with Gasteiger partial charge in [0.1, 0.15) is 5.75 Å². The first kappa shape index (κ1) is 16.7. The predicted octanol–water partition coefficient (Wildman–Crippen LogP) is 2.69. The van der Waals surface area contributed by atoms with Crippen LogP contribution in [0, 0.1) is 0 Å². The van der Waals surface area contributed by atoms with Crippen molar-refractivity contribution >= 4 is 17.5 Å². The lowest BCUT2D eigenvalue weighted by molar-refractivity contribution is -0.118. The van der Waals surface area contributed by atoms with Crippen LogP contribution >= 0.6 is 11.6 Å². The largest absolute Gasteiger partial charge is 0.434 e. The van der Waals surface area contributed by atoms with Crippen LogP contribution in [0.2, 0.25) is 5.02 Å². The summed E-state index contributed by atoms with van der Waals surface area (Å²) < 4.78 is 28.9. The number of ether oxygens (including phenoxy) is 1. The minimum Gasteiger partial charge on any atom is -0.434 e. The molecule has 0 saturated heterocycles. The van der Waals surface area contributed by atoms with Crippen LogP contribution in [0.25, 0.3) is 0 Å². The molecule has 0 aliphatic carbocycles. The molecule has 4 nitrogen and oxygen atoms in total. The number of amides is 1. The lowest BCUT2D eigenvalue weighted by Gasteiger charge is -2.12. The van der Waals surface area contributed by atoms with Crippen molar-refractivity contribution in [3.8, 4) is 5.75 Å². The zero-order valence-corrected chi connectivity index (χ0v) is 11.6. The van der Waals surface area contributed by atoms with Crippen LogP contribution in [0.15, 0.2) is 18.2 Å². The molecule has 1 rings (SSSR count). The van der Waals surface area contributed by atoms with E-state index in [-0.39, 0.29) is 11.7 Å². The van der Waals surface area contributed by atoms with Gasteiger partial charge in [-0.15, -0.1) is 0 Å². The van der Waals surface area contributed by atoms with Gasteiger partial charge in [-0.2, -0.15) is 8.78 Å². The van der Waals surface area contributed by atoms with Crippen molar-refractivity contribution in [2.24, 2.45) is 5.73 Å². The van der Waals surface area contributed by atoms with Gasteiger partial charge in [0.15, 0.2) is 0 Å². The summed E-state index contributed by atoms with van der Waals surface area (Å²) >= 11 is 5.83. The third-order valence-corrected chi connectivity index (χ3v) is 2.82. The number of nitrogens with two attached hydrogens (primary N) is 1. The minimum atomic E-state index is -2.87. The van der Waals surface area contributed by atoms with Crippen molar-refractivity contribution in [2.45, 2.75) is 32.4 Å². The van der Waals surface area contributed by atoms with E-state index in [1.54, 1.807) is 6.07 Å². The van der Waals surface area contributed by atoms with Crippen LogP contribution in [0.3, 0.4) is 0 Å². The van der Waals surface area contributed by atoms with Gasteiger partial charge in [0, 0.05) is 23.6 Å². The van der Waals surface area contributed by atoms with Gasteiger partial charge < -0.3 is 15.8 Å². The molecule has 0 atom stereocenters. The van der Waals surface area contributed by atoms with E-state index < -0.39 is 6.61 Å². The van der Waals surface area contributed by atoms with E-state index in [0.717, 1.165) is 6.42 Å². The van der Waals surface area contributed by atoms with Crippen molar-refractivity contribution in [1.29, 1.82) is 0 Å². The maximum atomic E-state index is 12.2. The molecule has 0 radical (unpaired) electrons. The maximum absolute atomic E-state index is 12.2. The number of nitrogens with one attached hydrogen (secondary N) is 1. The highest BCUT2D eigenvalue weighted by Gasteiger charge is 2.09. The molecule has 7 heteroatoms. The number of unbranched alkanes of at least 4 members (excludes halogenated alkanes) is 1. The second-order valence-electron chi connectivity index (χ2n) is 4.23. The summed E-state index contributed by atoms with van der Waals surface area (Å²) in [6, 6.07) is 4.49. The SMILES string of the molecule is NC(=O)CCCCNCc1cc(Cl)ccc1OC(F)F. The Hall–Kier alpha value is -1.40. The van der Waals surface area contributed by atoms with E-state index >= 15 is 0 Å². The Morgan fingerprint density at radius 1 is 1.40 bits per heavy atom. The highest BCUT2D eigenvalue weighted by molar-refractivity contribution is 6.30. The molecule has 0 bridgehead atoms. The number of benzene rings is 1. The Balaban J connectivity index is 2.41. The number of hydrogen-bond donors (Lipinski definition) is 2. The van der Waals surface area contributed by atoms with Crippen LogP contribution in [-0.2, 0) is 11.3 Å². The summed E-state index contributed by atoms with van der Waals surface area (Å²) in [6.07, 6.45) is 1.81. The molecule has 0 aromatic heterocycles. The monoisotopic (exact) mass is 306 g/mol. The van der Waals surface area contributed by atoms with Crippen LogP contribution in [0.5, 0.6) is 5.75 Å². The van der Waals surface area contributed by atoms with Gasteiger partial charge in [-0.05, 0) is 37.6 Å². The van der Waals surface area contributed by atoms with E-state index in [9.17, 15) is 13.6 Å². The molecule has 1 aromatic rings. The lowest BCUT2D eigenvalue weighted by atomic mass is 10.2. The van der Waals surface area contributed by atoms with Crippen molar-refractivity contribution in [3.63, 3.8) is 0 Å². The summed E-state index contributed by atoms with van der Waals surface area (Å²) in [7, 11) is 0. The van der Waals surface area contributed by atoms with Crippen molar-refractivity contribution in [3.05, 3.63) is 28.8 Å². The van der Waals surface area contributed by atoms with Gasteiger partial charge in [-0.25, -0.2) is 0 Å². The third kappa shape index (κ3) is 6.68. The average Bonchev–Trinajstić information content (AvgIpc) is 2.35. The molecule has 0 saturated carbocycles. The van der Waals surface area contributed by atoms with Crippen LogP contribution < -0.4 is 15.8 Å². The van der Waals surface area contributed by atoms with Gasteiger partial charge in [-0.3, -0.25) is 4.79 Å². The molecular weight excluding hydrogens is 290 g/mol. The van der Waals surface area contributed by atoms with Crippen LogP contribution in [0.4, 0.5) is 8.78 Å². The fraction of sp³-hybridized carbons (Fsp3) is 0.462. The quantitative estimate of drug-likeness (QED) is 0.689. The minimum absolute atomic E-state index is 0.106. The van der Waals surface area contributed by atoms with Gasteiger partial charge in [0.05, 0.1) is 0 Å². The van der Waals surface area contributed by atoms with E-state index in [4.69, 9.17) is 17.3 Å². The number of alkyl halides is 2.